The molecule has 21 nitrogen and oxygen atoms in total. The first-order chi connectivity index (χ1) is 46.9. The number of aliphatic hydroxyl groups excluding tert-OH is 2. The van der Waals surface area contributed by atoms with Gasteiger partial charge in [-0.1, -0.05) is 190 Å². The second-order valence-corrected chi connectivity index (χ2v) is 29.0. The molecule has 3 heterocycles. The van der Waals surface area contributed by atoms with E-state index in [2.05, 4.69) is 113 Å². The Balaban J connectivity index is 0.00000125. The number of ketones is 2. The van der Waals surface area contributed by atoms with Gasteiger partial charge in [-0.3, -0.25) is 23.9 Å². The van der Waals surface area contributed by atoms with Crippen molar-refractivity contribution in [2.45, 2.75) is 169 Å². The van der Waals surface area contributed by atoms with E-state index in [1.54, 1.807) is 74.3 Å². The van der Waals surface area contributed by atoms with E-state index >= 15 is 0 Å². The predicted molar refractivity (Wildman–Crippen MR) is 429 cm³/mol. The van der Waals surface area contributed by atoms with Crippen LogP contribution in [0.4, 0.5) is 14.4 Å². The van der Waals surface area contributed by atoms with Crippen LogP contribution < -0.4 is 5.32 Å². The monoisotopic (exact) mass is 1720 g/mol. The highest BCUT2D eigenvalue weighted by atomic mass is 127. The molecule has 2 aromatic heterocycles. The third-order valence-corrected chi connectivity index (χ3v) is 15.2. The molecule has 5 unspecified atom stereocenters. The molecule has 5 atom stereocenters. The lowest BCUT2D eigenvalue weighted by molar-refractivity contribution is -0.130. The number of hydrogen-bond donors (Lipinski definition) is 4. The van der Waals surface area contributed by atoms with Crippen LogP contribution in [0.5, 0.6) is 0 Å². The van der Waals surface area contributed by atoms with E-state index in [9.17, 15) is 39.0 Å². The summed E-state index contributed by atoms with van der Waals surface area (Å²) >= 11 is 7.69. The van der Waals surface area contributed by atoms with Crippen molar-refractivity contribution in [1.82, 2.24) is 39.6 Å². The maximum atomic E-state index is 12.2. The van der Waals surface area contributed by atoms with Crippen LogP contribution in [0.3, 0.4) is 0 Å². The van der Waals surface area contributed by atoms with Crippen LogP contribution >= 0.6 is 73.5 Å². The predicted octanol–water partition coefficient (Wildman–Crippen LogP) is 15.1. The summed E-state index contributed by atoms with van der Waals surface area (Å²) in [6, 6.07) is 41.9. The van der Waals surface area contributed by atoms with Crippen LogP contribution in [-0.4, -0.2) is 178 Å². The number of carboxylic acids is 1. The van der Waals surface area contributed by atoms with Crippen LogP contribution in [0.1, 0.15) is 155 Å². The van der Waals surface area contributed by atoms with E-state index in [1.165, 1.54) is 14.7 Å². The fourth-order valence-corrected chi connectivity index (χ4v) is 9.77. The number of nitrogens with one attached hydrogen (secondary N) is 1. The van der Waals surface area contributed by atoms with Gasteiger partial charge in [-0.15, -0.1) is 12.4 Å². The van der Waals surface area contributed by atoms with Crippen molar-refractivity contribution in [3.63, 3.8) is 0 Å². The van der Waals surface area contributed by atoms with Crippen LogP contribution in [0.25, 0.3) is 0 Å². The molecule has 102 heavy (non-hydrogen) atoms. The highest BCUT2D eigenvalue weighted by Crippen LogP contribution is 2.26. The number of carbonyl (C=O) groups is 6. The van der Waals surface area contributed by atoms with Crippen molar-refractivity contribution in [3.8, 4) is 23.7 Å². The molecular formula is C77H105BrClI2N9O12. The lowest BCUT2D eigenvalue weighted by Crippen LogP contribution is -2.41. The van der Waals surface area contributed by atoms with Crippen molar-refractivity contribution in [3.05, 3.63) is 190 Å². The Bertz CT molecular complexity index is 3630. The number of amides is 3. The van der Waals surface area contributed by atoms with Gasteiger partial charge in [-0.05, 0) is 154 Å². The Morgan fingerprint density at radius 3 is 1.44 bits per heavy atom. The number of alkyl halides is 1. The first kappa shape index (κ1) is 94.6. The van der Waals surface area contributed by atoms with E-state index in [0.29, 0.717) is 25.4 Å². The SMILES string of the molecule is C.CCC#CC(=O)O.CCC#Cc1ccn(C(c2ccccc2)C(O)CNC(C)C)n1.CN(CC(=O)C(Br)c1ccccc1)C(=O)OC(C)(C)C.CN(CC(=O)Cc1ccccc1)C(=O)OC(C)(C)C.CN(CC(O)C(c1ccccc1)n1ccc(I)n1)C(=O)OC(C)(C)C.Cl.IC1=NCC=C1. The molecular weight excluding hydrogens is 1610 g/mol. The maximum absolute atomic E-state index is 12.2. The molecule has 4 aromatic carbocycles. The zero-order valence-electron chi connectivity index (χ0n) is 60.8. The van der Waals surface area contributed by atoms with E-state index in [4.69, 9.17) is 19.3 Å². The molecule has 0 saturated carbocycles. The van der Waals surface area contributed by atoms with Gasteiger partial charge in [0, 0.05) is 71.3 Å². The topological polar surface area (TPSA) is 261 Å². The molecule has 7 rings (SSSR count). The van der Waals surface area contributed by atoms with Crippen molar-refractivity contribution >= 4 is 113 Å². The molecule has 0 bridgehead atoms. The van der Waals surface area contributed by atoms with E-state index < -0.39 is 64.1 Å². The Morgan fingerprint density at radius 2 is 1.05 bits per heavy atom. The second kappa shape index (κ2) is 49.3. The summed E-state index contributed by atoms with van der Waals surface area (Å²) in [7, 11) is 4.74. The molecule has 0 spiro atoms. The molecule has 558 valence electrons. The average molecular weight is 1720 g/mol. The zero-order valence-corrected chi connectivity index (χ0v) is 67.5. The van der Waals surface area contributed by atoms with Crippen LogP contribution in [-0.2, 0) is 35.0 Å². The minimum Gasteiger partial charge on any atom is -0.472 e. The summed E-state index contributed by atoms with van der Waals surface area (Å²) < 4.78 is 21.2. The quantitative estimate of drug-likeness (QED) is 0.0254. The summed E-state index contributed by atoms with van der Waals surface area (Å²) in [5.41, 5.74) is 2.82. The first-order valence-corrected chi connectivity index (χ1v) is 35.6. The lowest BCUT2D eigenvalue weighted by Gasteiger charge is -2.29. The Hall–Kier alpha value is -7.44. The number of allylic oxidation sites excluding steroid dienone is 1. The number of benzene rings is 4. The molecule has 6 aromatic rings. The molecule has 25 heteroatoms. The third kappa shape index (κ3) is 41.0. The molecule has 4 N–H and O–H groups in total. The van der Waals surface area contributed by atoms with Crippen LogP contribution in [0.2, 0.25) is 0 Å². The minimum atomic E-state index is -1.05. The number of ether oxygens (including phenoxy) is 3. The summed E-state index contributed by atoms with van der Waals surface area (Å²) in [6.07, 6.45) is 6.65. The van der Waals surface area contributed by atoms with Gasteiger partial charge < -0.3 is 49.5 Å². The van der Waals surface area contributed by atoms with Gasteiger partial charge in [-0.25, -0.2) is 19.2 Å². The number of aromatic nitrogens is 4. The maximum Gasteiger partial charge on any atom is 0.410 e. The minimum absolute atomic E-state index is 0. The van der Waals surface area contributed by atoms with Crippen molar-refractivity contribution in [2.24, 2.45) is 4.99 Å². The summed E-state index contributed by atoms with van der Waals surface area (Å²) in [5.74, 6) is 9.26. The van der Waals surface area contributed by atoms with Gasteiger partial charge >= 0.3 is 24.2 Å². The fourth-order valence-electron chi connectivity index (χ4n) is 8.46. The van der Waals surface area contributed by atoms with Crippen molar-refractivity contribution in [1.29, 1.82) is 0 Å². The third-order valence-electron chi connectivity index (χ3n) is 12.9. The number of hydrogen-bond acceptors (Lipinski definition) is 15. The van der Waals surface area contributed by atoms with Gasteiger partial charge in [0.2, 0.25) is 0 Å². The number of aliphatic imine (C=N–C) groups is 1. The molecule has 0 fully saturated rings. The molecule has 1 aliphatic rings. The summed E-state index contributed by atoms with van der Waals surface area (Å²) in [5, 5.41) is 41.6. The number of carboxylic acid groups (broad SMARTS) is 1. The molecule has 0 aliphatic carbocycles. The molecule has 0 saturated heterocycles. The van der Waals surface area contributed by atoms with Gasteiger partial charge in [0.1, 0.15) is 38.3 Å². The second-order valence-electron chi connectivity index (χ2n) is 25.9. The Labute approximate surface area is 646 Å². The number of likely N-dealkylation sites (N-methyl/N-ethyl adjacent to an activating group) is 3. The number of aliphatic carboxylic acids is 1. The average Bonchev–Trinajstić information content (AvgIpc) is 1.59. The Morgan fingerprint density at radius 1 is 0.618 bits per heavy atom. The first-order valence-electron chi connectivity index (χ1n) is 32.6. The Kier molecular flexibility index (Phi) is 45.7. The normalized spacial score (nSPS) is 12.5. The van der Waals surface area contributed by atoms with Gasteiger partial charge in [0.15, 0.2) is 11.6 Å². The van der Waals surface area contributed by atoms with Crippen LogP contribution in [0.15, 0.2) is 163 Å². The number of halogens is 4. The smallest absolute Gasteiger partial charge is 0.410 e. The van der Waals surface area contributed by atoms with E-state index in [0.717, 1.165) is 48.3 Å². The number of rotatable bonds is 19. The lowest BCUT2D eigenvalue weighted by atomic mass is 10.0. The summed E-state index contributed by atoms with van der Waals surface area (Å²) in [4.78, 5) is 76.8. The van der Waals surface area contributed by atoms with Gasteiger partial charge in [-0.2, -0.15) is 10.2 Å². The number of Topliss-reactive ketones (excluding diaryl/α,β-unsaturated/α-hetero) is 2. The summed E-state index contributed by atoms with van der Waals surface area (Å²) in [6.45, 7) is 25.7. The molecule has 1 aliphatic heterocycles. The van der Waals surface area contributed by atoms with E-state index in [1.807, 2.05) is 196 Å². The zero-order chi connectivity index (χ0) is 75.2. The van der Waals surface area contributed by atoms with E-state index in [-0.39, 0.29) is 57.1 Å². The molecule has 3 amide bonds. The van der Waals surface area contributed by atoms with Crippen LogP contribution in [0, 0.1) is 27.4 Å². The number of carbonyl (C=O) groups excluding carboxylic acids is 5. The largest absolute Gasteiger partial charge is 0.472 e. The van der Waals surface area contributed by atoms with Gasteiger partial charge in [0.25, 0.3) is 0 Å². The van der Waals surface area contributed by atoms with Gasteiger partial charge in [0.05, 0.1) is 46.9 Å². The van der Waals surface area contributed by atoms with Crippen molar-refractivity contribution < 1.29 is 58.3 Å². The highest BCUT2D eigenvalue weighted by molar-refractivity contribution is 14.1. The number of nitrogens with zero attached hydrogens (tertiary/aromatic N) is 8. The highest BCUT2D eigenvalue weighted by Gasteiger charge is 2.30. The fraction of sp³-hybridized carbons (Fsp3) is 0.442. The molecule has 0 radical (unpaired) electrons. The van der Waals surface area contributed by atoms with Crippen molar-refractivity contribution in [2.75, 3.05) is 53.9 Å². The number of aliphatic hydroxyl groups is 2. The standard InChI is InChI=1S/C19H25N3O.C18H24IN3O3.C15H20BrNO3.C15H21NO3.C5H6O2.C4H4IN.CH4.ClH/c1-4-5-11-17-12-13-22(21-17)19(16-9-7-6-8-10-16)18(23)14-20-15(2)3;1-18(2,3)25-17(24)21(4)12-14(23)16(13-8-6-5-7-9-13)22-11-10-15(19)20-22;1-15(2,3)20-14(19)17(4)10-12(18)13(16)11-8-6-5-7-9-11;1-15(2,3)19-14(18)16(4)11-13(17)10-12-8-6-5-7-9-12;1-2-3-4-5(6)7;5-4-2-1-3-6-4;;/h6-10,12-13,15,18-20,23H,4,14H2,1-3H3;5-11,14,16,23H,12H2,1-4H3;5-9,13H,10H2,1-4H3;5-9H,10-11H2,1-4H3;2H2,1H3,(H,6,7);1-2H,3H2;1H4;1H.